The second kappa shape index (κ2) is 10.6. The van der Waals surface area contributed by atoms with Crippen LogP contribution in [0.4, 0.5) is 0 Å². The predicted molar refractivity (Wildman–Crippen MR) is 172 cm³/mol. The van der Waals surface area contributed by atoms with Crippen LogP contribution in [0.25, 0.3) is 43.8 Å². The highest BCUT2D eigenvalue weighted by Crippen LogP contribution is 2.51. The Labute approximate surface area is 248 Å². The summed E-state index contributed by atoms with van der Waals surface area (Å²) in [4.78, 5) is 0. The van der Waals surface area contributed by atoms with Crippen LogP contribution >= 0.6 is 0 Å². The molecule has 0 saturated heterocycles. The molecule has 0 saturated carbocycles. The standard InChI is InChI=1S/C38H36N2O2/c1-23-17-29(35(41-21-39)31(19-23)37(3,4)5)33-25-13-9-11-15-27(25)34(28-16-12-10-14-26(28)33)30-18-24(2)20-32(38(6,7)8)36(30)42-22-40/h9-20H,1-8H3. The van der Waals surface area contributed by atoms with Crippen LogP contribution in [0.1, 0.15) is 63.8 Å². The Bertz CT molecular complexity index is 1740. The summed E-state index contributed by atoms with van der Waals surface area (Å²) in [5, 5.41) is 23.6. The van der Waals surface area contributed by atoms with Gasteiger partial charge >= 0.3 is 0 Å². The van der Waals surface area contributed by atoms with E-state index in [0.29, 0.717) is 11.5 Å². The minimum Gasteiger partial charge on any atom is -0.387 e. The summed E-state index contributed by atoms with van der Waals surface area (Å²) in [6, 6.07) is 25.1. The van der Waals surface area contributed by atoms with Gasteiger partial charge in [-0.1, -0.05) is 102 Å². The van der Waals surface area contributed by atoms with E-state index >= 15 is 0 Å². The summed E-state index contributed by atoms with van der Waals surface area (Å²) in [7, 11) is 0. The van der Waals surface area contributed by atoms with Crippen LogP contribution in [0.5, 0.6) is 11.5 Å². The first-order valence-electron chi connectivity index (χ1n) is 14.2. The molecule has 5 aromatic carbocycles. The normalized spacial score (nSPS) is 11.8. The molecule has 5 rings (SSSR count). The Morgan fingerprint density at radius 1 is 0.524 bits per heavy atom. The van der Waals surface area contributed by atoms with Gasteiger partial charge in [0.25, 0.3) is 12.5 Å². The minimum absolute atomic E-state index is 0.243. The highest BCUT2D eigenvalue weighted by molar-refractivity contribution is 6.22. The van der Waals surface area contributed by atoms with Crippen molar-refractivity contribution in [3.8, 4) is 46.3 Å². The topological polar surface area (TPSA) is 66.0 Å². The number of ether oxygens (including phenoxy) is 2. The van der Waals surface area contributed by atoms with Gasteiger partial charge in [-0.3, -0.25) is 0 Å². The quantitative estimate of drug-likeness (QED) is 0.164. The molecule has 0 N–H and O–H groups in total. The highest BCUT2D eigenvalue weighted by Gasteiger charge is 2.28. The zero-order valence-corrected chi connectivity index (χ0v) is 25.6. The van der Waals surface area contributed by atoms with Gasteiger partial charge < -0.3 is 9.47 Å². The maximum atomic E-state index is 9.76. The van der Waals surface area contributed by atoms with Crippen molar-refractivity contribution >= 4 is 21.5 Å². The van der Waals surface area contributed by atoms with Gasteiger partial charge in [-0.05, 0) is 69.5 Å². The summed E-state index contributed by atoms with van der Waals surface area (Å²) in [5.74, 6) is 1.16. The number of hydrogen-bond acceptors (Lipinski definition) is 4. The first-order chi connectivity index (χ1) is 19.9. The first kappa shape index (κ1) is 28.7. The molecule has 0 aliphatic heterocycles. The van der Waals surface area contributed by atoms with E-state index in [4.69, 9.17) is 9.47 Å². The second-order valence-corrected chi connectivity index (χ2v) is 13.1. The van der Waals surface area contributed by atoms with Crippen LogP contribution in [0, 0.1) is 36.9 Å². The number of benzene rings is 5. The first-order valence-corrected chi connectivity index (χ1v) is 14.2. The molecule has 210 valence electrons. The van der Waals surface area contributed by atoms with Crippen molar-refractivity contribution in [2.75, 3.05) is 0 Å². The molecule has 4 nitrogen and oxygen atoms in total. The Balaban J connectivity index is 2.03. The molecular weight excluding hydrogens is 516 g/mol. The fourth-order valence-corrected chi connectivity index (χ4v) is 6.05. The maximum absolute atomic E-state index is 9.76. The van der Waals surface area contributed by atoms with Crippen molar-refractivity contribution in [2.45, 2.75) is 66.2 Å². The van der Waals surface area contributed by atoms with Gasteiger partial charge in [0, 0.05) is 33.4 Å². The molecular formula is C38H36N2O2. The van der Waals surface area contributed by atoms with Crippen molar-refractivity contribution in [2.24, 2.45) is 0 Å². The lowest BCUT2D eigenvalue weighted by molar-refractivity contribution is 0.475. The molecule has 0 aliphatic carbocycles. The summed E-state index contributed by atoms with van der Waals surface area (Å²) in [5.41, 5.74) is 7.45. The zero-order valence-electron chi connectivity index (χ0n) is 25.6. The molecule has 0 atom stereocenters. The Morgan fingerprint density at radius 2 is 0.833 bits per heavy atom. The lowest BCUT2D eigenvalue weighted by Gasteiger charge is -2.27. The molecule has 42 heavy (non-hydrogen) atoms. The predicted octanol–water partition coefficient (Wildman–Crippen LogP) is 10.3. The van der Waals surface area contributed by atoms with Gasteiger partial charge in [0.2, 0.25) is 0 Å². The van der Waals surface area contributed by atoms with E-state index in [1.807, 2.05) is 36.8 Å². The van der Waals surface area contributed by atoms with Gasteiger partial charge in [-0.2, -0.15) is 0 Å². The highest BCUT2D eigenvalue weighted by atomic mass is 16.5. The van der Waals surface area contributed by atoms with Crippen LogP contribution in [-0.4, -0.2) is 0 Å². The molecule has 0 fully saturated rings. The van der Waals surface area contributed by atoms with Crippen molar-refractivity contribution < 1.29 is 9.47 Å². The summed E-state index contributed by atoms with van der Waals surface area (Å²) < 4.78 is 11.6. The third-order valence-corrected chi connectivity index (χ3v) is 7.85. The van der Waals surface area contributed by atoms with E-state index < -0.39 is 0 Å². The lowest BCUT2D eigenvalue weighted by atomic mass is 9.79. The number of fused-ring (bicyclic) bond motifs is 2. The van der Waals surface area contributed by atoms with E-state index in [9.17, 15) is 10.5 Å². The Hall–Kier alpha value is -4.80. The molecule has 0 amide bonds. The van der Waals surface area contributed by atoms with Crippen LogP contribution in [-0.2, 0) is 10.8 Å². The van der Waals surface area contributed by atoms with Gasteiger partial charge in [0.05, 0.1) is 0 Å². The number of nitriles is 2. The Morgan fingerprint density at radius 3 is 1.10 bits per heavy atom. The van der Waals surface area contributed by atoms with Gasteiger partial charge in [-0.25, -0.2) is 0 Å². The summed E-state index contributed by atoms with van der Waals surface area (Å²) in [6.45, 7) is 17.0. The second-order valence-electron chi connectivity index (χ2n) is 13.1. The van der Waals surface area contributed by atoms with Crippen LogP contribution in [0.2, 0.25) is 0 Å². The van der Waals surface area contributed by atoms with Gasteiger partial charge in [-0.15, -0.1) is 10.5 Å². The molecule has 0 heterocycles. The van der Waals surface area contributed by atoms with E-state index in [0.717, 1.165) is 66.1 Å². The number of hydrogen-bond donors (Lipinski definition) is 0. The van der Waals surface area contributed by atoms with Crippen molar-refractivity contribution in [1.29, 1.82) is 10.5 Å². The fourth-order valence-electron chi connectivity index (χ4n) is 6.05. The molecule has 0 spiro atoms. The molecule has 0 unspecified atom stereocenters. The lowest BCUT2D eigenvalue weighted by Crippen LogP contribution is -2.14. The zero-order chi connectivity index (χ0) is 30.4. The summed E-state index contributed by atoms with van der Waals surface area (Å²) in [6.07, 6.45) is 3.92. The maximum Gasteiger partial charge on any atom is 0.292 e. The smallest absolute Gasteiger partial charge is 0.292 e. The molecule has 4 heteroatoms. The summed E-state index contributed by atoms with van der Waals surface area (Å²) >= 11 is 0. The third kappa shape index (κ3) is 4.95. The monoisotopic (exact) mass is 552 g/mol. The van der Waals surface area contributed by atoms with Crippen LogP contribution in [0.15, 0.2) is 72.8 Å². The van der Waals surface area contributed by atoms with E-state index in [1.54, 1.807) is 0 Å². The molecule has 0 aliphatic rings. The van der Waals surface area contributed by atoms with E-state index in [2.05, 4.69) is 104 Å². The SMILES string of the molecule is Cc1cc(-c2c3ccccc3c(-c3cc(C)cc(C(C)(C)C)c3OC#N)c3ccccc23)c(OC#N)c(C(C)(C)C)c1. The van der Waals surface area contributed by atoms with Crippen molar-refractivity contribution in [3.63, 3.8) is 0 Å². The fraction of sp³-hybridized carbons (Fsp3) is 0.263. The number of aryl methyl sites for hydroxylation is 2. The molecule has 0 radical (unpaired) electrons. The third-order valence-electron chi connectivity index (χ3n) is 7.85. The number of nitrogens with zero attached hydrogens (tertiary/aromatic N) is 2. The van der Waals surface area contributed by atoms with Gasteiger partial charge in [0.1, 0.15) is 0 Å². The van der Waals surface area contributed by atoms with Crippen LogP contribution in [0.3, 0.4) is 0 Å². The minimum atomic E-state index is -0.243. The molecule has 5 aromatic rings. The van der Waals surface area contributed by atoms with E-state index in [-0.39, 0.29) is 10.8 Å². The van der Waals surface area contributed by atoms with Crippen molar-refractivity contribution in [1.82, 2.24) is 0 Å². The van der Waals surface area contributed by atoms with Crippen molar-refractivity contribution in [3.05, 3.63) is 95.1 Å². The molecule has 0 aromatic heterocycles. The molecule has 0 bridgehead atoms. The Kier molecular flexibility index (Phi) is 7.21. The van der Waals surface area contributed by atoms with Crippen LogP contribution < -0.4 is 9.47 Å². The number of rotatable bonds is 4. The van der Waals surface area contributed by atoms with E-state index in [1.165, 1.54) is 0 Å². The average molecular weight is 553 g/mol. The average Bonchev–Trinajstić information content (AvgIpc) is 2.92. The van der Waals surface area contributed by atoms with Gasteiger partial charge in [0.15, 0.2) is 11.5 Å². The largest absolute Gasteiger partial charge is 0.387 e.